The largest absolute Gasteiger partial charge is 0.456 e. The highest BCUT2D eigenvalue weighted by Gasteiger charge is 2.29. The standard InChI is InChI=1S/2C44H24N4O.C44H24N4S/c1-46-28-19-23-42-36(25-28)34-21-20-33-31-12-4-9-17-40(31)48(43(33)44(34)49-42)39-16-8-3-11-30(39)29-10-2-6-14-37(29)47-38-15-7-5-13-32(38)35-24-27(26-45)18-22-41(35)47;1-46-28-19-21-43-35(23-28)36-24-42-34(25-44(36)49-43)32-13-5-9-17-40(32)48(42)38-15-7-3-11-30(38)29-10-2-6-14-37(29)47-39-16-8-4-12-31(39)33-22-27(26-45)18-20-41(33)47;1-46-28-19-23-42-36(25-28)34-21-20-33-31-12-4-9-17-40(31)48(43(33)44(34)49-42)39-16-8-3-11-30(39)29-10-2-6-14-37(29)47-38-15-7-5-13-32(38)35-24-27(26-45)18-22-41(35)47/h3*2-25H. The average molecular weight is 1890 g/mol. The van der Waals surface area contributed by atoms with Crippen molar-refractivity contribution in [3.05, 3.63) is 488 Å². The molecule has 21 aromatic carbocycles. The summed E-state index contributed by atoms with van der Waals surface area (Å²) in [6.07, 6.45) is 0. The lowest BCUT2D eigenvalue weighted by atomic mass is 10.0. The van der Waals surface area contributed by atoms with Gasteiger partial charge in [0.05, 0.1) is 160 Å². The Hall–Kier alpha value is -20.8. The fraction of sp³-hybridized carbons (Fsp3) is 0. The fourth-order valence-corrected chi connectivity index (χ4v) is 24.2. The fourth-order valence-electron chi connectivity index (χ4n) is 23.0. The van der Waals surface area contributed by atoms with Crippen molar-refractivity contribution in [2.24, 2.45) is 0 Å². The van der Waals surface area contributed by atoms with Gasteiger partial charge in [0.25, 0.3) is 0 Å². The van der Waals surface area contributed by atoms with Crippen LogP contribution in [0.15, 0.2) is 446 Å². The molecule has 0 spiro atoms. The summed E-state index contributed by atoms with van der Waals surface area (Å²) in [5.41, 5.74) is 32.8. The molecule has 0 unspecified atom stereocenters. The van der Waals surface area contributed by atoms with E-state index in [2.05, 4.69) is 412 Å². The molecule has 678 valence electrons. The van der Waals surface area contributed by atoms with Crippen LogP contribution >= 0.6 is 11.3 Å². The Morgan fingerprint density at radius 3 is 0.884 bits per heavy atom. The number of nitrogens with zero attached hydrogens (tertiary/aromatic N) is 12. The van der Waals surface area contributed by atoms with E-state index in [1.165, 1.54) is 31.1 Å². The lowest BCUT2D eigenvalue weighted by molar-refractivity contribution is 0.669. The highest BCUT2D eigenvalue weighted by Crippen LogP contribution is 2.52. The number of hydrogen-bond donors (Lipinski definition) is 0. The van der Waals surface area contributed by atoms with Crippen molar-refractivity contribution in [1.29, 1.82) is 15.8 Å². The average Bonchev–Trinajstić information content (AvgIpc) is 1.63. The van der Waals surface area contributed by atoms with Crippen molar-refractivity contribution < 1.29 is 8.83 Å². The van der Waals surface area contributed by atoms with Crippen LogP contribution in [0, 0.1) is 53.7 Å². The Balaban J connectivity index is 0.000000107. The number of fused-ring (bicyclic) bond motifs is 29. The van der Waals surface area contributed by atoms with Gasteiger partial charge in [-0.15, -0.1) is 11.3 Å². The topological polar surface area (TPSA) is 140 Å². The van der Waals surface area contributed by atoms with E-state index in [0.717, 1.165) is 231 Å². The third-order valence-electron chi connectivity index (χ3n) is 29.3. The van der Waals surface area contributed by atoms with E-state index < -0.39 is 0 Å². The molecule has 0 radical (unpaired) electrons. The summed E-state index contributed by atoms with van der Waals surface area (Å²) >= 11 is 1.79. The first-order valence-corrected chi connectivity index (χ1v) is 49.2. The van der Waals surface area contributed by atoms with Crippen molar-refractivity contribution in [1.82, 2.24) is 27.4 Å². The molecule has 0 aliphatic heterocycles. The summed E-state index contributed by atoms with van der Waals surface area (Å²) in [5.74, 6) is 0. The van der Waals surface area contributed by atoms with Crippen LogP contribution in [0.1, 0.15) is 16.7 Å². The molecule has 30 rings (SSSR count). The van der Waals surface area contributed by atoms with Crippen molar-refractivity contribution in [3.63, 3.8) is 0 Å². The highest BCUT2D eigenvalue weighted by atomic mass is 32.1. The van der Waals surface area contributed by atoms with Crippen molar-refractivity contribution in [2.45, 2.75) is 0 Å². The van der Waals surface area contributed by atoms with Crippen LogP contribution < -0.4 is 0 Å². The van der Waals surface area contributed by atoms with Crippen LogP contribution in [0.25, 0.3) is 277 Å². The number of benzene rings is 21. The quantitative estimate of drug-likeness (QED) is 0.132. The van der Waals surface area contributed by atoms with E-state index in [1.807, 2.05) is 78.9 Å². The summed E-state index contributed by atoms with van der Waals surface area (Å²) in [6, 6.07) is 158. The van der Waals surface area contributed by atoms with Gasteiger partial charge in [-0.3, -0.25) is 0 Å². The maximum absolute atomic E-state index is 9.72. The Bertz CT molecular complexity index is 10800. The molecule has 30 aromatic rings. The summed E-state index contributed by atoms with van der Waals surface area (Å²) in [5, 5.41) is 48.7. The Morgan fingerprint density at radius 2 is 0.490 bits per heavy atom. The zero-order valence-corrected chi connectivity index (χ0v) is 79.0. The second kappa shape index (κ2) is 33.5. The van der Waals surface area contributed by atoms with E-state index in [-0.39, 0.29) is 0 Å². The van der Waals surface area contributed by atoms with Gasteiger partial charge in [-0.25, -0.2) is 14.5 Å². The smallest absolute Gasteiger partial charge is 0.188 e. The van der Waals surface area contributed by atoms with Gasteiger partial charge >= 0.3 is 0 Å². The Labute approximate surface area is 842 Å². The summed E-state index contributed by atoms with van der Waals surface area (Å²) < 4.78 is 29.5. The minimum absolute atomic E-state index is 0.590. The lowest BCUT2D eigenvalue weighted by Gasteiger charge is -2.18. The van der Waals surface area contributed by atoms with E-state index >= 15 is 0 Å². The Morgan fingerprint density at radius 1 is 0.204 bits per heavy atom. The molecule has 15 heteroatoms. The number of aromatic nitrogens is 6. The summed E-state index contributed by atoms with van der Waals surface area (Å²) in [6.45, 7) is 22.8. The normalized spacial score (nSPS) is 11.6. The van der Waals surface area contributed by atoms with Gasteiger partial charge in [0.2, 0.25) is 0 Å². The van der Waals surface area contributed by atoms with Crippen LogP contribution in [0.2, 0.25) is 0 Å². The molecule has 0 bridgehead atoms. The van der Waals surface area contributed by atoms with Gasteiger partial charge in [-0.1, -0.05) is 261 Å². The monoisotopic (exact) mass is 1890 g/mol. The Kier molecular flexibility index (Phi) is 19.2. The molecule has 0 saturated carbocycles. The van der Waals surface area contributed by atoms with Crippen LogP contribution in [0.5, 0.6) is 0 Å². The SMILES string of the molecule is [C-]#[N+]c1ccc2oc3c(ccc4c5ccccc5n(-c5ccccc5-c5ccccc5-n5c6ccccc6c6cc(C#N)ccc65)c43)c2c1.[C-]#[N+]c1ccc2oc3cc4c5ccccc5n(-c5ccccc5-c5ccccc5-n5c6ccccc6c6cc(C#N)ccc65)c4cc3c2c1.[C-]#[N+]c1ccc2sc3c(ccc4c5ccccc5n(-c5ccccc5-c5ccccc5-n5c6ccccc6c6cc(C#N)ccc65)c43)c2c1. The van der Waals surface area contributed by atoms with Gasteiger partial charge < -0.3 is 36.2 Å². The summed E-state index contributed by atoms with van der Waals surface area (Å²) in [4.78, 5) is 11.1. The molecular formula is C132H72N12O2S. The van der Waals surface area contributed by atoms with Gasteiger partial charge in [0.1, 0.15) is 16.7 Å². The predicted molar refractivity (Wildman–Crippen MR) is 602 cm³/mol. The summed E-state index contributed by atoms with van der Waals surface area (Å²) in [7, 11) is 0. The number of thiophene rings is 1. The molecular weight excluding hydrogens is 1820 g/mol. The predicted octanol–water partition coefficient (Wildman–Crippen LogP) is 36.1. The second-order valence-electron chi connectivity index (χ2n) is 37.0. The van der Waals surface area contributed by atoms with Gasteiger partial charge in [0.15, 0.2) is 22.6 Å². The lowest BCUT2D eigenvalue weighted by Crippen LogP contribution is -2.01. The number of rotatable bonds is 9. The first kappa shape index (κ1) is 84.3. The number of furan rings is 2. The van der Waals surface area contributed by atoms with Crippen molar-refractivity contribution in [2.75, 3.05) is 0 Å². The zero-order valence-electron chi connectivity index (χ0n) is 78.2. The molecule has 14 nitrogen and oxygen atoms in total. The van der Waals surface area contributed by atoms with Crippen LogP contribution in [-0.2, 0) is 0 Å². The van der Waals surface area contributed by atoms with E-state index in [0.29, 0.717) is 33.8 Å². The molecule has 0 aliphatic carbocycles. The van der Waals surface area contributed by atoms with Gasteiger partial charge in [-0.2, -0.15) is 15.8 Å². The van der Waals surface area contributed by atoms with E-state index in [4.69, 9.17) is 28.6 Å². The first-order chi connectivity index (χ1) is 72.7. The molecule has 0 amide bonds. The molecule has 0 saturated heterocycles. The second-order valence-corrected chi connectivity index (χ2v) is 38.0. The molecule has 0 atom stereocenters. The zero-order chi connectivity index (χ0) is 97.9. The molecule has 0 fully saturated rings. The van der Waals surface area contributed by atoms with E-state index in [9.17, 15) is 15.8 Å². The van der Waals surface area contributed by atoms with Crippen LogP contribution in [0.3, 0.4) is 0 Å². The number of nitriles is 3. The van der Waals surface area contributed by atoms with Crippen LogP contribution in [-0.4, -0.2) is 27.4 Å². The third kappa shape index (κ3) is 12.9. The minimum Gasteiger partial charge on any atom is -0.456 e. The highest BCUT2D eigenvalue weighted by molar-refractivity contribution is 7.26. The molecule has 9 heterocycles. The van der Waals surface area contributed by atoms with Crippen molar-refractivity contribution >= 4 is 223 Å². The third-order valence-corrected chi connectivity index (χ3v) is 30.5. The molecule has 147 heavy (non-hydrogen) atoms. The number of para-hydroxylation sites is 12. The van der Waals surface area contributed by atoms with Crippen LogP contribution in [0.4, 0.5) is 17.1 Å². The molecule has 9 aromatic heterocycles. The number of hydrogen-bond acceptors (Lipinski definition) is 6. The van der Waals surface area contributed by atoms with Gasteiger partial charge in [-0.05, 0) is 181 Å². The van der Waals surface area contributed by atoms with Gasteiger partial charge in [0, 0.05) is 130 Å². The molecule has 0 aliphatic rings. The van der Waals surface area contributed by atoms with E-state index in [1.54, 1.807) is 17.4 Å². The van der Waals surface area contributed by atoms with Crippen molar-refractivity contribution in [3.8, 4) is 85.7 Å². The first-order valence-electron chi connectivity index (χ1n) is 48.3. The molecule has 0 N–H and O–H groups in total. The minimum atomic E-state index is 0.590. The maximum atomic E-state index is 9.72. The maximum Gasteiger partial charge on any atom is 0.188 e.